The number of nitrogens with two attached hydrogens (primary N) is 1. The van der Waals surface area contributed by atoms with E-state index in [9.17, 15) is 24.0 Å². The minimum absolute atomic E-state index is 0.0217. The quantitative estimate of drug-likeness (QED) is 0.0441. The fraction of sp³-hybridized carbons (Fsp3) is 0.806. The van der Waals surface area contributed by atoms with Gasteiger partial charge < -0.3 is 62.6 Å². The SMILES string of the molecule is NCC(=O)NCC(=O)NCCN1CCNCCNCCNCC1.O=C(CCCN1CCNCCNCCNCC1)CCOCCOCCN1C(=O)C=CC1=O. The zero-order valence-corrected chi connectivity index (χ0v) is 32.9. The van der Waals surface area contributed by atoms with Crippen LogP contribution in [0.2, 0.25) is 0 Å². The van der Waals surface area contributed by atoms with Gasteiger partial charge >= 0.3 is 0 Å². The second-order valence-corrected chi connectivity index (χ2v) is 13.3. The van der Waals surface area contributed by atoms with Crippen LogP contribution in [0, 0.1) is 0 Å². The molecule has 0 aromatic rings. The molecule has 3 heterocycles. The molecule has 0 aliphatic carbocycles. The number of carbonyl (C=O) groups is 5. The molecule has 316 valence electrons. The number of nitrogens with one attached hydrogen (secondary N) is 8. The van der Waals surface area contributed by atoms with Crippen molar-refractivity contribution in [1.82, 2.24) is 57.2 Å². The van der Waals surface area contributed by atoms with E-state index in [2.05, 4.69) is 52.3 Å². The lowest BCUT2D eigenvalue weighted by atomic mass is 10.1. The second-order valence-electron chi connectivity index (χ2n) is 13.3. The van der Waals surface area contributed by atoms with Crippen LogP contribution in [0.15, 0.2) is 12.2 Å². The highest BCUT2D eigenvalue weighted by Gasteiger charge is 2.22. The monoisotopic (exact) mass is 783 g/mol. The molecule has 0 unspecified atom stereocenters. The first-order valence-corrected chi connectivity index (χ1v) is 20.0. The van der Waals surface area contributed by atoms with Gasteiger partial charge in [-0.1, -0.05) is 0 Å². The average Bonchev–Trinajstić information content (AvgIpc) is 3.49. The number of hydrogen-bond donors (Lipinski definition) is 9. The van der Waals surface area contributed by atoms with Gasteiger partial charge in [0.2, 0.25) is 11.8 Å². The van der Waals surface area contributed by atoms with Crippen molar-refractivity contribution in [2.75, 3.05) is 170 Å². The van der Waals surface area contributed by atoms with Crippen LogP contribution in [-0.4, -0.2) is 215 Å². The van der Waals surface area contributed by atoms with E-state index in [0.717, 1.165) is 129 Å². The van der Waals surface area contributed by atoms with Gasteiger partial charge in [-0.15, -0.1) is 0 Å². The first-order valence-electron chi connectivity index (χ1n) is 20.0. The molecule has 10 N–H and O–H groups in total. The maximum absolute atomic E-state index is 12.1. The molecule has 19 nitrogen and oxygen atoms in total. The van der Waals surface area contributed by atoms with E-state index in [1.807, 2.05) is 0 Å². The van der Waals surface area contributed by atoms with E-state index >= 15 is 0 Å². The van der Waals surface area contributed by atoms with E-state index in [4.69, 9.17) is 15.2 Å². The van der Waals surface area contributed by atoms with Crippen LogP contribution in [0.5, 0.6) is 0 Å². The van der Waals surface area contributed by atoms with Crippen LogP contribution < -0.4 is 48.3 Å². The summed E-state index contributed by atoms with van der Waals surface area (Å²) >= 11 is 0. The highest BCUT2D eigenvalue weighted by molar-refractivity contribution is 6.12. The van der Waals surface area contributed by atoms with E-state index in [1.165, 1.54) is 12.2 Å². The molecule has 3 rings (SSSR count). The van der Waals surface area contributed by atoms with Gasteiger partial charge in [0.25, 0.3) is 11.8 Å². The Kier molecular flexibility index (Phi) is 29.1. The molecule has 0 atom stereocenters. The molecule has 3 aliphatic rings. The van der Waals surface area contributed by atoms with E-state index in [1.54, 1.807) is 0 Å². The van der Waals surface area contributed by atoms with Crippen molar-refractivity contribution >= 4 is 29.4 Å². The van der Waals surface area contributed by atoms with Crippen LogP contribution in [0.4, 0.5) is 0 Å². The minimum Gasteiger partial charge on any atom is -0.379 e. The lowest BCUT2D eigenvalue weighted by molar-refractivity contribution is -0.137. The molecule has 19 heteroatoms. The summed E-state index contributed by atoms with van der Waals surface area (Å²) in [4.78, 5) is 63.3. The molecule has 2 saturated heterocycles. The van der Waals surface area contributed by atoms with Crippen molar-refractivity contribution in [3.8, 4) is 0 Å². The van der Waals surface area contributed by atoms with Gasteiger partial charge in [0.15, 0.2) is 0 Å². The number of amides is 4. The smallest absolute Gasteiger partial charge is 0.253 e. The number of imide groups is 1. The Morgan fingerprint density at radius 2 is 1.05 bits per heavy atom. The summed E-state index contributed by atoms with van der Waals surface area (Å²) in [5, 5.41) is 25.7. The van der Waals surface area contributed by atoms with Gasteiger partial charge in [-0.2, -0.15) is 0 Å². The van der Waals surface area contributed by atoms with Crippen molar-refractivity contribution in [2.24, 2.45) is 5.73 Å². The number of ketones is 1. The molecule has 0 aromatic carbocycles. The molecular formula is C36H70N12O7. The molecule has 2 fully saturated rings. The zero-order chi connectivity index (χ0) is 39.6. The molecule has 0 aromatic heterocycles. The van der Waals surface area contributed by atoms with Crippen molar-refractivity contribution in [3.63, 3.8) is 0 Å². The summed E-state index contributed by atoms with van der Waals surface area (Å²) in [6.07, 6.45) is 4.38. The lowest BCUT2D eigenvalue weighted by Crippen LogP contribution is -2.45. The number of rotatable bonds is 19. The summed E-state index contributed by atoms with van der Waals surface area (Å²) in [5.74, 6) is -0.899. The average molecular weight is 783 g/mol. The van der Waals surface area contributed by atoms with Gasteiger partial charge in [0.05, 0.1) is 46.1 Å². The van der Waals surface area contributed by atoms with Gasteiger partial charge in [-0.3, -0.25) is 33.8 Å². The largest absolute Gasteiger partial charge is 0.379 e. The molecule has 4 amide bonds. The Morgan fingerprint density at radius 1 is 0.582 bits per heavy atom. The predicted molar refractivity (Wildman–Crippen MR) is 212 cm³/mol. The maximum Gasteiger partial charge on any atom is 0.253 e. The van der Waals surface area contributed by atoms with Crippen LogP contribution in [0.25, 0.3) is 0 Å². The maximum atomic E-state index is 12.1. The molecule has 0 bridgehead atoms. The Labute approximate surface area is 327 Å². The molecule has 0 saturated carbocycles. The third-order valence-corrected chi connectivity index (χ3v) is 8.90. The number of Topliss-reactive ketones (excluding diaryl/α,β-unsaturated/α-hetero) is 1. The van der Waals surface area contributed by atoms with Crippen LogP contribution in [0.3, 0.4) is 0 Å². The highest BCUT2D eigenvalue weighted by atomic mass is 16.5. The lowest BCUT2D eigenvalue weighted by Gasteiger charge is -2.23. The summed E-state index contributed by atoms with van der Waals surface area (Å²) in [7, 11) is 0. The Balaban J connectivity index is 0.000000402. The Hall–Kier alpha value is -2.95. The van der Waals surface area contributed by atoms with Crippen molar-refractivity contribution in [3.05, 3.63) is 12.2 Å². The number of ether oxygens (including phenoxy) is 2. The fourth-order valence-electron chi connectivity index (χ4n) is 5.68. The van der Waals surface area contributed by atoms with Crippen LogP contribution >= 0.6 is 0 Å². The van der Waals surface area contributed by atoms with E-state index in [0.29, 0.717) is 39.2 Å². The third-order valence-electron chi connectivity index (χ3n) is 8.90. The van der Waals surface area contributed by atoms with Crippen molar-refractivity contribution in [2.45, 2.75) is 19.3 Å². The van der Waals surface area contributed by atoms with Gasteiger partial charge in [0.1, 0.15) is 5.78 Å². The summed E-state index contributed by atoms with van der Waals surface area (Å²) in [6.45, 7) is 19.3. The number of carbonyl (C=O) groups excluding carboxylic acids is 5. The molecule has 0 radical (unpaired) electrons. The third kappa shape index (κ3) is 26.5. The predicted octanol–water partition coefficient (Wildman–Crippen LogP) is -4.97. The molecule has 3 aliphatic heterocycles. The van der Waals surface area contributed by atoms with Gasteiger partial charge in [0, 0.05) is 143 Å². The standard InChI is InChI=1S/C22H39N5O5.C14H31N7O2/c28-20(2-1-12-26-13-10-24-8-6-23-7-9-25-11-14-26)5-16-31-18-19-32-17-15-27-21(29)3-4-22(27)30;15-11-13(22)20-12-14(23)19-7-10-21-8-5-17-3-1-16-2-4-18-6-9-21/h3-4,23-25H,1-2,5-19H2;16-18H,1-12,15H2,(H,19,23)(H,20,22). The van der Waals surface area contributed by atoms with Gasteiger partial charge in [-0.05, 0) is 13.0 Å². The van der Waals surface area contributed by atoms with Crippen molar-refractivity contribution in [1.29, 1.82) is 0 Å². The first kappa shape index (κ1) is 48.2. The zero-order valence-electron chi connectivity index (χ0n) is 32.9. The van der Waals surface area contributed by atoms with Crippen molar-refractivity contribution < 1.29 is 33.4 Å². The summed E-state index contributed by atoms with van der Waals surface area (Å²) in [6, 6.07) is 0. The molecule has 55 heavy (non-hydrogen) atoms. The van der Waals surface area contributed by atoms with E-state index in [-0.39, 0.29) is 55.7 Å². The second kappa shape index (κ2) is 33.2. The van der Waals surface area contributed by atoms with Gasteiger partial charge in [-0.25, -0.2) is 0 Å². The summed E-state index contributed by atoms with van der Waals surface area (Å²) in [5.41, 5.74) is 5.16. The van der Waals surface area contributed by atoms with E-state index < -0.39 is 0 Å². The first-order chi connectivity index (χ1) is 26.9. The Bertz CT molecular complexity index is 1060. The van der Waals surface area contributed by atoms with Crippen LogP contribution in [-0.2, 0) is 33.4 Å². The molecule has 0 spiro atoms. The highest BCUT2D eigenvalue weighted by Crippen LogP contribution is 2.03. The fourth-order valence-corrected chi connectivity index (χ4v) is 5.68. The normalized spacial score (nSPS) is 18.9. The van der Waals surface area contributed by atoms with Crippen LogP contribution in [0.1, 0.15) is 19.3 Å². The Morgan fingerprint density at radius 3 is 1.56 bits per heavy atom. The number of hydrogen-bond acceptors (Lipinski definition) is 16. The number of nitrogens with zero attached hydrogens (tertiary/aromatic N) is 3. The summed E-state index contributed by atoms with van der Waals surface area (Å²) < 4.78 is 10.8. The topological polar surface area (TPSA) is 236 Å². The molecular weight excluding hydrogens is 712 g/mol. The minimum atomic E-state index is -0.324.